The van der Waals surface area contributed by atoms with E-state index in [2.05, 4.69) is 15.2 Å². The molecule has 1 amide bonds. The van der Waals surface area contributed by atoms with Crippen molar-refractivity contribution in [1.29, 1.82) is 0 Å². The number of nitrogens with zero attached hydrogens (tertiary/aromatic N) is 3. The van der Waals surface area contributed by atoms with Crippen molar-refractivity contribution in [2.24, 2.45) is 0 Å². The number of hydrogen-bond acceptors (Lipinski definition) is 5. The Morgan fingerprint density at radius 1 is 1.44 bits per heavy atom. The van der Waals surface area contributed by atoms with Crippen molar-refractivity contribution >= 4 is 29.3 Å². The molecule has 138 valence electrons. The van der Waals surface area contributed by atoms with E-state index in [4.69, 9.17) is 16.7 Å². The number of aliphatic carboxylic acids is 1. The number of anilines is 1. The number of halogens is 1. The second kappa shape index (κ2) is 9.12. The van der Waals surface area contributed by atoms with Crippen LogP contribution >= 0.6 is 11.6 Å². The van der Waals surface area contributed by atoms with E-state index in [1.165, 1.54) is 6.20 Å². The maximum Gasteiger partial charge on any atom is 0.317 e. The Balaban J connectivity index is 1.89. The summed E-state index contributed by atoms with van der Waals surface area (Å²) in [6.07, 6.45) is 4.22. The monoisotopic (exact) mass is 368 g/mol. The van der Waals surface area contributed by atoms with E-state index in [0.717, 1.165) is 32.4 Å². The van der Waals surface area contributed by atoms with Crippen LogP contribution < -0.4 is 5.32 Å². The minimum atomic E-state index is -0.813. The predicted molar refractivity (Wildman–Crippen MR) is 96.8 cm³/mol. The van der Waals surface area contributed by atoms with Crippen LogP contribution in [0.4, 0.5) is 5.82 Å². The smallest absolute Gasteiger partial charge is 0.317 e. The van der Waals surface area contributed by atoms with E-state index >= 15 is 0 Å². The molecular formula is C17H25ClN4O3. The quantitative estimate of drug-likeness (QED) is 0.798. The number of amides is 1. The fraction of sp³-hybridized carbons (Fsp3) is 0.588. The van der Waals surface area contributed by atoms with Crippen LogP contribution in [-0.2, 0) is 9.59 Å². The van der Waals surface area contributed by atoms with Crippen molar-refractivity contribution in [3.8, 4) is 0 Å². The van der Waals surface area contributed by atoms with Crippen LogP contribution in [-0.4, -0.2) is 70.5 Å². The molecule has 0 aromatic carbocycles. The maximum absolute atomic E-state index is 12.5. The molecule has 1 aromatic rings. The Morgan fingerprint density at radius 3 is 2.84 bits per heavy atom. The molecule has 2 atom stereocenters. The molecule has 2 unspecified atom stereocenters. The summed E-state index contributed by atoms with van der Waals surface area (Å²) in [5.74, 6) is -0.436. The number of hydrogen-bond donors (Lipinski definition) is 2. The molecule has 1 aromatic heterocycles. The normalized spacial score (nSPS) is 20.1. The first kappa shape index (κ1) is 19.6. The highest BCUT2D eigenvalue weighted by molar-refractivity contribution is 6.30. The van der Waals surface area contributed by atoms with Gasteiger partial charge in [-0.2, -0.15) is 0 Å². The number of aromatic nitrogens is 1. The lowest BCUT2D eigenvalue weighted by Crippen LogP contribution is -2.43. The summed E-state index contributed by atoms with van der Waals surface area (Å²) in [4.78, 5) is 31.4. The Kier molecular flexibility index (Phi) is 7.16. The summed E-state index contributed by atoms with van der Waals surface area (Å²) in [7, 11) is 1.84. The highest BCUT2D eigenvalue weighted by Gasteiger charge is 2.27. The van der Waals surface area contributed by atoms with Gasteiger partial charge in [0, 0.05) is 18.8 Å². The number of pyridine rings is 1. The summed E-state index contributed by atoms with van der Waals surface area (Å²) in [6, 6.07) is 3.31. The molecule has 1 fully saturated rings. The van der Waals surface area contributed by atoms with Gasteiger partial charge in [-0.15, -0.1) is 0 Å². The van der Waals surface area contributed by atoms with Gasteiger partial charge in [0.1, 0.15) is 5.82 Å². The van der Waals surface area contributed by atoms with Crippen LogP contribution in [0.2, 0.25) is 5.02 Å². The Hall–Kier alpha value is -1.70. The van der Waals surface area contributed by atoms with Crippen molar-refractivity contribution in [3.05, 3.63) is 23.4 Å². The van der Waals surface area contributed by atoms with E-state index in [-0.39, 0.29) is 24.5 Å². The van der Waals surface area contributed by atoms with Crippen molar-refractivity contribution in [2.75, 3.05) is 32.0 Å². The average Bonchev–Trinajstić information content (AvgIpc) is 2.81. The maximum atomic E-state index is 12.5. The predicted octanol–water partition coefficient (Wildman–Crippen LogP) is 1.93. The molecule has 25 heavy (non-hydrogen) atoms. The number of nitrogens with one attached hydrogen (secondary N) is 1. The van der Waals surface area contributed by atoms with Gasteiger partial charge in [0.25, 0.3) is 0 Å². The molecule has 1 aliphatic heterocycles. The van der Waals surface area contributed by atoms with Crippen molar-refractivity contribution in [3.63, 3.8) is 0 Å². The Bertz CT molecular complexity index is 596. The molecule has 0 bridgehead atoms. The molecule has 0 radical (unpaired) electrons. The molecule has 2 heterocycles. The van der Waals surface area contributed by atoms with Crippen LogP contribution in [0.1, 0.15) is 26.2 Å². The van der Waals surface area contributed by atoms with Crippen molar-refractivity contribution in [1.82, 2.24) is 14.8 Å². The number of rotatable bonds is 6. The van der Waals surface area contributed by atoms with E-state index in [1.54, 1.807) is 12.1 Å². The molecule has 1 saturated heterocycles. The number of carboxylic acids is 1. The van der Waals surface area contributed by atoms with Crippen LogP contribution in [0.3, 0.4) is 0 Å². The van der Waals surface area contributed by atoms with Crippen LogP contribution in [0, 0.1) is 0 Å². The van der Waals surface area contributed by atoms with Gasteiger partial charge in [-0.05, 0) is 51.9 Å². The largest absolute Gasteiger partial charge is 0.480 e. The second-order valence-electron chi connectivity index (χ2n) is 6.46. The van der Waals surface area contributed by atoms with E-state index in [9.17, 15) is 9.59 Å². The third kappa shape index (κ3) is 5.95. The lowest BCUT2D eigenvalue weighted by Gasteiger charge is -2.28. The summed E-state index contributed by atoms with van der Waals surface area (Å²) in [5.41, 5.74) is 0. The Morgan fingerprint density at radius 2 is 2.20 bits per heavy atom. The zero-order chi connectivity index (χ0) is 18.4. The third-order valence-corrected chi connectivity index (χ3v) is 4.87. The van der Waals surface area contributed by atoms with Crippen LogP contribution in [0.15, 0.2) is 18.3 Å². The standard InChI is InChI=1S/C17H25ClN4O3/c1-12(17(25)20-15-6-5-13(18)10-19-15)22-8-3-4-14(7-9-22)21(2)11-16(23)24/h5-6,10,12,14H,3-4,7-9,11H2,1-2H3,(H,23,24)(H,19,20,25). The first-order valence-electron chi connectivity index (χ1n) is 8.45. The van der Waals surface area contributed by atoms with Gasteiger partial charge in [-0.3, -0.25) is 19.4 Å². The SMILES string of the molecule is CC(C(=O)Nc1ccc(Cl)cn1)N1CCCC(N(C)CC(=O)O)CC1. The molecule has 2 rings (SSSR count). The molecule has 1 aliphatic rings. The number of carbonyl (C=O) groups excluding carboxylic acids is 1. The highest BCUT2D eigenvalue weighted by atomic mass is 35.5. The number of likely N-dealkylation sites (N-methyl/N-ethyl adjacent to an activating group) is 1. The first-order chi connectivity index (χ1) is 11.9. The van der Waals surface area contributed by atoms with Gasteiger partial charge in [0.2, 0.25) is 5.91 Å². The molecular weight excluding hydrogens is 344 g/mol. The van der Waals surface area contributed by atoms with Gasteiger partial charge in [-0.1, -0.05) is 11.6 Å². The zero-order valence-electron chi connectivity index (χ0n) is 14.6. The van der Waals surface area contributed by atoms with E-state index in [0.29, 0.717) is 10.8 Å². The first-order valence-corrected chi connectivity index (χ1v) is 8.83. The number of likely N-dealkylation sites (tertiary alicyclic amines) is 1. The highest BCUT2D eigenvalue weighted by Crippen LogP contribution is 2.18. The summed E-state index contributed by atoms with van der Waals surface area (Å²) in [5, 5.41) is 12.3. The van der Waals surface area contributed by atoms with Gasteiger partial charge in [0.15, 0.2) is 0 Å². The van der Waals surface area contributed by atoms with Crippen LogP contribution in [0.5, 0.6) is 0 Å². The van der Waals surface area contributed by atoms with Gasteiger partial charge < -0.3 is 10.4 Å². The summed E-state index contributed by atoms with van der Waals surface area (Å²) in [6.45, 7) is 3.51. The average molecular weight is 369 g/mol. The summed E-state index contributed by atoms with van der Waals surface area (Å²) < 4.78 is 0. The fourth-order valence-electron chi connectivity index (χ4n) is 3.12. The van der Waals surface area contributed by atoms with Gasteiger partial charge >= 0.3 is 5.97 Å². The van der Waals surface area contributed by atoms with Crippen molar-refractivity contribution in [2.45, 2.75) is 38.3 Å². The molecule has 0 saturated carbocycles. The van der Waals surface area contributed by atoms with Crippen LogP contribution in [0.25, 0.3) is 0 Å². The van der Waals surface area contributed by atoms with Gasteiger partial charge in [-0.25, -0.2) is 4.98 Å². The van der Waals surface area contributed by atoms with Gasteiger partial charge in [0.05, 0.1) is 17.6 Å². The van der Waals surface area contributed by atoms with E-state index < -0.39 is 5.97 Å². The summed E-state index contributed by atoms with van der Waals surface area (Å²) >= 11 is 5.80. The second-order valence-corrected chi connectivity index (χ2v) is 6.89. The number of carboxylic acid groups (broad SMARTS) is 1. The third-order valence-electron chi connectivity index (χ3n) is 4.65. The van der Waals surface area contributed by atoms with Crippen molar-refractivity contribution < 1.29 is 14.7 Å². The lowest BCUT2D eigenvalue weighted by molar-refractivity contribution is -0.138. The topological polar surface area (TPSA) is 85.8 Å². The molecule has 0 spiro atoms. The lowest BCUT2D eigenvalue weighted by atomic mass is 10.1. The zero-order valence-corrected chi connectivity index (χ0v) is 15.4. The van der Waals surface area contributed by atoms with E-state index in [1.807, 2.05) is 18.9 Å². The molecule has 7 nitrogen and oxygen atoms in total. The fourth-order valence-corrected chi connectivity index (χ4v) is 3.23. The molecule has 0 aliphatic carbocycles. The Labute approximate surface area is 153 Å². The molecule has 8 heteroatoms. The minimum absolute atomic E-state index is 0.0446. The minimum Gasteiger partial charge on any atom is -0.480 e. The molecule has 2 N–H and O–H groups in total. The number of carbonyl (C=O) groups is 2.